The largest absolute Gasteiger partial charge is 0.486 e. The third kappa shape index (κ3) is 3.42. The molecule has 4 atom stereocenters. The van der Waals surface area contributed by atoms with Gasteiger partial charge in [-0.15, -0.1) is 0 Å². The van der Waals surface area contributed by atoms with Gasteiger partial charge in [-0.05, 0) is 91.8 Å². The zero-order valence-electron chi connectivity index (χ0n) is 17.7. The summed E-state index contributed by atoms with van der Waals surface area (Å²) in [5.41, 5.74) is 1.70. The molecule has 34 heavy (non-hydrogen) atoms. The van der Waals surface area contributed by atoms with E-state index in [0.717, 1.165) is 23.4 Å². The number of imide groups is 1. The summed E-state index contributed by atoms with van der Waals surface area (Å²) in [5.74, 6) is 0.122. The second-order valence-electron chi connectivity index (χ2n) is 9.29. The molecule has 1 saturated heterocycles. The van der Waals surface area contributed by atoms with Crippen molar-refractivity contribution in [3.05, 3.63) is 72.6 Å². The molecular formula is C25H18Br2Cl2N2O3. The van der Waals surface area contributed by atoms with E-state index >= 15 is 0 Å². The molecule has 1 spiro atoms. The van der Waals surface area contributed by atoms with E-state index < -0.39 is 0 Å². The smallest absolute Gasteiger partial charge is 0.254 e. The van der Waals surface area contributed by atoms with Crippen LogP contribution >= 0.6 is 55.1 Å². The molecule has 9 heteroatoms. The number of allylic oxidation sites excluding steroid dienone is 2. The Hall–Kier alpha value is -1.67. The van der Waals surface area contributed by atoms with Crippen molar-refractivity contribution in [3.63, 3.8) is 0 Å². The molecule has 0 aromatic heterocycles. The first-order valence-electron chi connectivity index (χ1n) is 11.0. The third-order valence-corrected chi connectivity index (χ3v) is 9.32. The highest BCUT2D eigenvalue weighted by molar-refractivity contribution is 9.11. The number of nitrogens with zero attached hydrogens (tertiary/aromatic N) is 2. The Morgan fingerprint density at radius 2 is 1.65 bits per heavy atom. The highest BCUT2D eigenvalue weighted by Gasteiger charge is 2.73. The van der Waals surface area contributed by atoms with Crippen molar-refractivity contribution in [2.75, 3.05) is 0 Å². The van der Waals surface area contributed by atoms with Gasteiger partial charge in [-0.2, -0.15) is 10.1 Å². The minimum Gasteiger partial charge on any atom is -0.486 e. The molecule has 174 valence electrons. The zero-order chi connectivity index (χ0) is 23.8. The SMILES string of the molecule is O=C1[C@H]2[C@H](C(=O)N1/N=C\c1cc(Br)c(OCc3ccc(Cl)cc3Cl)c(Br)c1)[C@H]1C=C[C@H]2C12CC2. The van der Waals surface area contributed by atoms with E-state index in [2.05, 4.69) is 49.1 Å². The first kappa shape index (κ1) is 22.8. The van der Waals surface area contributed by atoms with Crippen molar-refractivity contribution in [2.45, 2.75) is 19.4 Å². The summed E-state index contributed by atoms with van der Waals surface area (Å²) < 4.78 is 7.35. The van der Waals surface area contributed by atoms with Gasteiger partial charge in [0.25, 0.3) is 11.8 Å². The number of fused-ring (bicyclic) bond motifs is 3. The number of rotatable bonds is 5. The molecule has 1 aliphatic heterocycles. The van der Waals surface area contributed by atoms with Crippen LogP contribution in [0.15, 0.2) is 56.5 Å². The summed E-state index contributed by atoms with van der Waals surface area (Å²) in [7, 11) is 0. The van der Waals surface area contributed by atoms with E-state index in [9.17, 15) is 9.59 Å². The van der Waals surface area contributed by atoms with E-state index in [4.69, 9.17) is 27.9 Å². The van der Waals surface area contributed by atoms with Crippen LogP contribution in [0.2, 0.25) is 10.0 Å². The average Bonchev–Trinajstić information content (AvgIpc) is 3.39. The Labute approximate surface area is 223 Å². The van der Waals surface area contributed by atoms with Gasteiger partial charge in [0.2, 0.25) is 0 Å². The summed E-state index contributed by atoms with van der Waals surface area (Å²) in [6, 6.07) is 8.90. The van der Waals surface area contributed by atoms with Gasteiger partial charge in [0.15, 0.2) is 0 Å². The Morgan fingerprint density at radius 1 is 1.03 bits per heavy atom. The molecule has 2 aromatic rings. The summed E-state index contributed by atoms with van der Waals surface area (Å²) in [6.45, 7) is 0.262. The number of benzene rings is 2. The lowest BCUT2D eigenvalue weighted by Gasteiger charge is -2.18. The lowest BCUT2D eigenvalue weighted by Crippen LogP contribution is -2.30. The van der Waals surface area contributed by atoms with E-state index in [1.54, 1.807) is 12.1 Å². The normalized spacial score (nSPS) is 27.9. The Balaban J connectivity index is 1.18. The quantitative estimate of drug-likeness (QED) is 0.213. The highest BCUT2D eigenvalue weighted by atomic mass is 79.9. The Morgan fingerprint density at radius 3 is 2.21 bits per heavy atom. The number of hydrazone groups is 1. The fourth-order valence-corrected chi connectivity index (χ4v) is 7.80. The first-order valence-corrected chi connectivity index (χ1v) is 13.3. The van der Waals surface area contributed by atoms with Crippen LogP contribution in [0.25, 0.3) is 0 Å². The first-order chi connectivity index (χ1) is 16.3. The molecule has 4 aliphatic rings. The van der Waals surface area contributed by atoms with Gasteiger partial charge >= 0.3 is 0 Å². The van der Waals surface area contributed by atoms with Crippen LogP contribution < -0.4 is 4.74 Å². The number of amides is 2. The third-order valence-electron chi connectivity index (χ3n) is 7.56. The monoisotopic (exact) mass is 622 g/mol. The Bertz CT molecular complexity index is 1250. The summed E-state index contributed by atoms with van der Waals surface area (Å²) >= 11 is 19.3. The molecule has 6 rings (SSSR count). The van der Waals surface area contributed by atoms with Gasteiger partial charge < -0.3 is 4.74 Å². The predicted octanol–water partition coefficient (Wildman–Crippen LogP) is 6.63. The number of ether oxygens (including phenoxy) is 1. The summed E-state index contributed by atoms with van der Waals surface area (Å²) in [5, 5.41) is 6.47. The zero-order valence-corrected chi connectivity index (χ0v) is 22.4. The standard InChI is InChI=1S/C25H18Br2Cl2N2O3/c26-17-7-12(8-18(27)22(17)34-11-13-1-2-14(28)9-19(13)29)10-30-31-23(32)20-15-3-4-16(21(20)24(31)33)25(15)5-6-25/h1-4,7-10,15-16,20-21H,5-6,11H2/b30-10-/t15-,16-,20-,21-/m1/s1. The molecule has 3 aliphatic carbocycles. The van der Waals surface area contributed by atoms with Gasteiger partial charge in [0.05, 0.1) is 27.0 Å². The number of hydrogen-bond acceptors (Lipinski definition) is 4. The molecule has 0 unspecified atom stereocenters. The molecule has 2 saturated carbocycles. The van der Waals surface area contributed by atoms with Crippen LogP contribution in [-0.2, 0) is 16.2 Å². The predicted molar refractivity (Wildman–Crippen MR) is 137 cm³/mol. The van der Waals surface area contributed by atoms with Crippen molar-refractivity contribution < 1.29 is 14.3 Å². The van der Waals surface area contributed by atoms with Crippen molar-refractivity contribution in [3.8, 4) is 5.75 Å². The molecule has 0 N–H and O–H groups in total. The van der Waals surface area contributed by atoms with Gasteiger partial charge in [-0.25, -0.2) is 0 Å². The minimum absolute atomic E-state index is 0.174. The van der Waals surface area contributed by atoms with Crippen molar-refractivity contribution in [1.82, 2.24) is 5.01 Å². The van der Waals surface area contributed by atoms with Crippen LogP contribution in [-0.4, -0.2) is 23.0 Å². The molecule has 2 bridgehead atoms. The van der Waals surface area contributed by atoms with Gasteiger partial charge in [-0.1, -0.05) is 41.4 Å². The molecule has 2 aromatic carbocycles. The van der Waals surface area contributed by atoms with E-state index in [1.165, 1.54) is 6.21 Å². The van der Waals surface area contributed by atoms with E-state index in [0.29, 0.717) is 30.3 Å². The molecule has 2 amide bonds. The van der Waals surface area contributed by atoms with Gasteiger partial charge in [0, 0.05) is 15.6 Å². The summed E-state index contributed by atoms with van der Waals surface area (Å²) in [6.07, 6.45) is 8.08. The van der Waals surface area contributed by atoms with Crippen molar-refractivity contribution >= 4 is 73.1 Å². The van der Waals surface area contributed by atoms with Crippen LogP contribution in [0, 0.1) is 29.1 Å². The molecular weight excluding hydrogens is 607 g/mol. The lowest BCUT2D eigenvalue weighted by atomic mass is 9.85. The second kappa shape index (κ2) is 8.19. The fraction of sp³-hybridized carbons (Fsp3) is 0.320. The molecule has 5 nitrogen and oxygen atoms in total. The van der Waals surface area contributed by atoms with E-state index in [-0.39, 0.29) is 47.5 Å². The maximum atomic E-state index is 13.1. The van der Waals surface area contributed by atoms with Crippen molar-refractivity contribution in [1.29, 1.82) is 0 Å². The summed E-state index contributed by atoms with van der Waals surface area (Å²) in [4.78, 5) is 26.2. The van der Waals surface area contributed by atoms with E-state index in [1.807, 2.05) is 18.2 Å². The fourth-order valence-electron chi connectivity index (χ4n) is 5.88. The van der Waals surface area contributed by atoms with Crippen molar-refractivity contribution in [2.24, 2.45) is 34.2 Å². The maximum absolute atomic E-state index is 13.1. The molecule has 3 fully saturated rings. The Kier molecular flexibility index (Phi) is 5.48. The van der Waals surface area contributed by atoms with Gasteiger partial charge in [-0.3, -0.25) is 9.59 Å². The second-order valence-corrected chi connectivity index (χ2v) is 11.8. The van der Waals surface area contributed by atoms with Gasteiger partial charge in [0.1, 0.15) is 12.4 Å². The average molecular weight is 625 g/mol. The number of carbonyl (C=O) groups is 2. The topological polar surface area (TPSA) is 59.0 Å². The lowest BCUT2D eigenvalue weighted by molar-refractivity contribution is -0.141. The van der Waals surface area contributed by atoms with Crippen LogP contribution in [0.4, 0.5) is 0 Å². The molecule has 1 heterocycles. The maximum Gasteiger partial charge on any atom is 0.254 e. The number of carbonyl (C=O) groups excluding carboxylic acids is 2. The van der Waals surface area contributed by atoms with Crippen LogP contribution in [0.3, 0.4) is 0 Å². The number of hydrogen-bond donors (Lipinski definition) is 0. The highest BCUT2D eigenvalue weighted by Crippen LogP contribution is 2.73. The molecule has 0 radical (unpaired) electrons. The van der Waals surface area contributed by atoms with Crippen LogP contribution in [0.5, 0.6) is 5.75 Å². The minimum atomic E-state index is -0.254. The number of halogens is 4. The van der Waals surface area contributed by atoms with Crippen LogP contribution in [0.1, 0.15) is 24.0 Å².